The van der Waals surface area contributed by atoms with Crippen LogP contribution in [0, 0.1) is 0 Å². The van der Waals surface area contributed by atoms with Crippen LogP contribution in [-0.4, -0.2) is 69.9 Å². The summed E-state index contributed by atoms with van der Waals surface area (Å²) in [5.41, 5.74) is 1.21. The summed E-state index contributed by atoms with van der Waals surface area (Å²) in [7, 11) is 2.05. The van der Waals surface area contributed by atoms with E-state index in [1.165, 1.54) is 0 Å². The van der Waals surface area contributed by atoms with Gasteiger partial charge >= 0.3 is 6.09 Å². The van der Waals surface area contributed by atoms with E-state index in [0.29, 0.717) is 5.69 Å². The van der Waals surface area contributed by atoms with Gasteiger partial charge in [-0.3, -0.25) is 14.8 Å². The molecule has 1 fully saturated rings. The van der Waals surface area contributed by atoms with Crippen molar-refractivity contribution in [2.45, 2.75) is 6.54 Å². The van der Waals surface area contributed by atoms with Crippen molar-refractivity contribution in [2.75, 3.05) is 38.5 Å². The number of hydrogen-bond acceptors (Lipinski definition) is 4. The molecule has 8 nitrogen and oxygen atoms in total. The molecule has 2 amide bonds. The van der Waals surface area contributed by atoms with E-state index < -0.39 is 6.09 Å². The number of hydrogen-bond donors (Lipinski definition) is 2. The van der Waals surface area contributed by atoms with E-state index in [1.807, 2.05) is 11.9 Å². The third kappa shape index (κ3) is 3.59. The second-order valence-electron chi connectivity index (χ2n) is 5.71. The number of carbonyl (C=O) groups excluding carboxylic acids is 1. The van der Waals surface area contributed by atoms with Crippen LogP contribution >= 0.6 is 0 Å². The largest absolute Gasteiger partial charge is 0.465 e. The molecule has 3 rings (SSSR count). The van der Waals surface area contributed by atoms with Crippen molar-refractivity contribution in [3.05, 3.63) is 24.4 Å². The second-order valence-corrected chi connectivity index (χ2v) is 5.71. The monoisotopic (exact) mass is 317 g/mol. The van der Waals surface area contributed by atoms with Crippen molar-refractivity contribution < 1.29 is 14.7 Å². The predicted octanol–water partition coefficient (Wildman–Crippen LogP) is 0.900. The molecule has 0 radical (unpaired) electrons. The van der Waals surface area contributed by atoms with Gasteiger partial charge in [0.15, 0.2) is 0 Å². The highest BCUT2D eigenvalue weighted by atomic mass is 16.4. The summed E-state index contributed by atoms with van der Waals surface area (Å²) < 4.78 is 1.61. The molecule has 0 spiro atoms. The highest BCUT2D eigenvalue weighted by Gasteiger charge is 2.19. The maximum Gasteiger partial charge on any atom is 0.409 e. The van der Waals surface area contributed by atoms with Crippen LogP contribution in [0.3, 0.4) is 0 Å². The summed E-state index contributed by atoms with van der Waals surface area (Å²) in [6.07, 6.45) is 0.651. The Kier molecular flexibility index (Phi) is 4.16. The zero-order valence-electron chi connectivity index (χ0n) is 12.9. The molecule has 2 N–H and O–H groups in total. The second kappa shape index (κ2) is 6.25. The fourth-order valence-corrected chi connectivity index (χ4v) is 2.65. The summed E-state index contributed by atoms with van der Waals surface area (Å²) >= 11 is 0. The lowest BCUT2D eigenvalue weighted by Gasteiger charge is -2.32. The van der Waals surface area contributed by atoms with Crippen molar-refractivity contribution in [1.29, 1.82) is 0 Å². The summed E-state index contributed by atoms with van der Waals surface area (Å²) in [4.78, 5) is 27.0. The van der Waals surface area contributed by atoms with E-state index in [9.17, 15) is 9.59 Å². The molecule has 2 aromatic rings. The Morgan fingerprint density at radius 1 is 1.26 bits per heavy atom. The number of benzene rings is 1. The summed E-state index contributed by atoms with van der Waals surface area (Å²) in [6.45, 7) is 3.44. The number of carbonyl (C=O) groups is 2. The normalized spacial score (nSPS) is 15.8. The van der Waals surface area contributed by atoms with E-state index in [-0.39, 0.29) is 12.5 Å². The molecule has 0 unspecified atom stereocenters. The number of rotatable bonds is 3. The van der Waals surface area contributed by atoms with Crippen LogP contribution in [0.25, 0.3) is 10.9 Å². The van der Waals surface area contributed by atoms with Crippen LogP contribution in [0.2, 0.25) is 0 Å². The van der Waals surface area contributed by atoms with E-state index >= 15 is 0 Å². The van der Waals surface area contributed by atoms with E-state index in [1.54, 1.807) is 29.1 Å². The molecule has 0 atom stereocenters. The number of carboxylic acid groups (broad SMARTS) is 1. The fraction of sp³-hybridized carbons (Fsp3) is 0.400. The van der Waals surface area contributed by atoms with E-state index in [2.05, 4.69) is 15.3 Å². The first-order valence-corrected chi connectivity index (χ1v) is 7.45. The zero-order valence-corrected chi connectivity index (χ0v) is 12.9. The minimum absolute atomic E-state index is 0.0507. The lowest BCUT2D eigenvalue weighted by Crippen LogP contribution is -2.48. The van der Waals surface area contributed by atoms with Gasteiger partial charge in [0, 0.05) is 43.4 Å². The van der Waals surface area contributed by atoms with Gasteiger partial charge in [0.05, 0.1) is 5.52 Å². The molecule has 0 saturated carbocycles. The fourth-order valence-electron chi connectivity index (χ4n) is 2.65. The first kappa shape index (κ1) is 15.3. The van der Waals surface area contributed by atoms with Gasteiger partial charge in [0.25, 0.3) is 0 Å². The van der Waals surface area contributed by atoms with Crippen LogP contribution in [0.1, 0.15) is 0 Å². The first-order valence-electron chi connectivity index (χ1n) is 7.45. The molecular formula is C15H19N5O3. The molecule has 1 aromatic heterocycles. The van der Waals surface area contributed by atoms with Gasteiger partial charge in [-0.15, -0.1) is 0 Å². The SMILES string of the molecule is CN1CCN(C(=O)Cn2cc3cc(NC(=O)O)ccc3n2)CC1. The third-order valence-electron chi connectivity index (χ3n) is 3.96. The Bertz CT molecular complexity index is 734. The smallest absolute Gasteiger partial charge is 0.409 e. The number of piperazine rings is 1. The molecule has 1 aliphatic heterocycles. The number of amides is 2. The lowest BCUT2D eigenvalue weighted by atomic mass is 10.2. The number of likely N-dealkylation sites (N-methyl/N-ethyl adjacent to an activating group) is 1. The van der Waals surface area contributed by atoms with Crippen molar-refractivity contribution >= 4 is 28.6 Å². The van der Waals surface area contributed by atoms with Gasteiger partial charge in [-0.05, 0) is 25.2 Å². The van der Waals surface area contributed by atoms with E-state index in [4.69, 9.17) is 5.11 Å². The Morgan fingerprint density at radius 2 is 2.00 bits per heavy atom. The van der Waals surface area contributed by atoms with Gasteiger partial charge in [0.1, 0.15) is 6.54 Å². The summed E-state index contributed by atoms with van der Waals surface area (Å²) in [5.74, 6) is 0.0507. The molecule has 0 bridgehead atoms. The lowest BCUT2D eigenvalue weighted by molar-refractivity contribution is -0.133. The highest BCUT2D eigenvalue weighted by Crippen LogP contribution is 2.18. The standard InChI is InChI=1S/C15H19N5O3/c1-18-4-6-19(7-5-18)14(21)10-20-9-11-8-12(16-15(22)23)2-3-13(11)17-20/h2-3,8-9,16H,4-7,10H2,1H3,(H,22,23). The summed E-state index contributed by atoms with van der Waals surface area (Å²) in [6, 6.07) is 5.08. The molecular weight excluding hydrogens is 298 g/mol. The maximum atomic E-state index is 12.3. The van der Waals surface area contributed by atoms with Gasteiger partial charge < -0.3 is 14.9 Å². The molecule has 8 heteroatoms. The minimum atomic E-state index is -1.11. The van der Waals surface area contributed by atoms with Crippen molar-refractivity contribution in [2.24, 2.45) is 0 Å². The molecule has 1 aliphatic rings. The number of anilines is 1. The van der Waals surface area contributed by atoms with Gasteiger partial charge in [-0.1, -0.05) is 0 Å². The van der Waals surface area contributed by atoms with Crippen LogP contribution in [0.4, 0.5) is 10.5 Å². The maximum absolute atomic E-state index is 12.3. The molecule has 1 aromatic carbocycles. The van der Waals surface area contributed by atoms with Crippen molar-refractivity contribution in [1.82, 2.24) is 19.6 Å². The average molecular weight is 317 g/mol. The number of nitrogens with one attached hydrogen (secondary N) is 1. The molecule has 0 aliphatic carbocycles. The van der Waals surface area contributed by atoms with Gasteiger partial charge in [-0.25, -0.2) is 4.79 Å². The molecule has 1 saturated heterocycles. The topological polar surface area (TPSA) is 90.7 Å². The Hall–Kier alpha value is -2.61. The molecule has 2 heterocycles. The predicted molar refractivity (Wildman–Crippen MR) is 85.5 cm³/mol. The first-order chi connectivity index (χ1) is 11.0. The van der Waals surface area contributed by atoms with Crippen LogP contribution in [0.5, 0.6) is 0 Å². The zero-order chi connectivity index (χ0) is 16.4. The minimum Gasteiger partial charge on any atom is -0.465 e. The van der Waals surface area contributed by atoms with Crippen molar-refractivity contribution in [3.8, 4) is 0 Å². The molecule has 23 heavy (non-hydrogen) atoms. The third-order valence-corrected chi connectivity index (χ3v) is 3.96. The Balaban J connectivity index is 1.70. The van der Waals surface area contributed by atoms with Crippen LogP contribution in [0.15, 0.2) is 24.4 Å². The van der Waals surface area contributed by atoms with Crippen LogP contribution < -0.4 is 5.32 Å². The number of nitrogens with zero attached hydrogens (tertiary/aromatic N) is 4. The number of fused-ring (bicyclic) bond motifs is 1. The Labute approximate surface area is 133 Å². The van der Waals surface area contributed by atoms with Gasteiger partial charge in [0.2, 0.25) is 5.91 Å². The highest BCUT2D eigenvalue weighted by molar-refractivity contribution is 5.89. The average Bonchev–Trinajstić information content (AvgIpc) is 2.88. The van der Waals surface area contributed by atoms with Gasteiger partial charge in [-0.2, -0.15) is 5.10 Å². The van der Waals surface area contributed by atoms with E-state index in [0.717, 1.165) is 37.1 Å². The van der Waals surface area contributed by atoms with Crippen LogP contribution in [-0.2, 0) is 11.3 Å². The summed E-state index contributed by atoms with van der Waals surface area (Å²) in [5, 5.41) is 16.2. The Morgan fingerprint density at radius 3 is 2.70 bits per heavy atom. The van der Waals surface area contributed by atoms with Crippen molar-refractivity contribution in [3.63, 3.8) is 0 Å². The molecule has 122 valence electrons. The quantitative estimate of drug-likeness (QED) is 0.878. The number of aromatic nitrogens is 2.